The summed E-state index contributed by atoms with van der Waals surface area (Å²) in [7, 11) is 0. The second kappa shape index (κ2) is 13.0. The van der Waals surface area contributed by atoms with Gasteiger partial charge in [0.05, 0.1) is 31.0 Å². The number of aromatic nitrogens is 2. The first kappa shape index (κ1) is 27.7. The van der Waals surface area contributed by atoms with Crippen molar-refractivity contribution in [3.8, 4) is 5.75 Å². The average Bonchev–Trinajstić information content (AvgIpc) is 3.43. The van der Waals surface area contributed by atoms with E-state index in [1.807, 2.05) is 41.6 Å². The van der Waals surface area contributed by atoms with Crippen molar-refractivity contribution in [3.05, 3.63) is 53.3 Å². The molecule has 3 aromatic rings. The lowest BCUT2D eigenvalue weighted by Gasteiger charge is -2.38. The molecule has 0 aliphatic carbocycles. The zero-order valence-corrected chi connectivity index (χ0v) is 23.6. The number of morpholine rings is 1. The van der Waals surface area contributed by atoms with Crippen molar-refractivity contribution >= 4 is 34.2 Å². The van der Waals surface area contributed by atoms with Gasteiger partial charge >= 0.3 is 0 Å². The van der Waals surface area contributed by atoms with Crippen LogP contribution in [0.5, 0.6) is 5.75 Å². The van der Waals surface area contributed by atoms with Crippen molar-refractivity contribution in [2.75, 3.05) is 77.1 Å². The summed E-state index contributed by atoms with van der Waals surface area (Å²) in [6, 6.07) is 9.99. The monoisotopic (exact) mass is 554 g/mol. The normalized spacial score (nSPS) is 17.6. The molecule has 9 nitrogen and oxygen atoms in total. The number of hydrogen-bond acceptors (Lipinski definition) is 7. The predicted octanol–water partition coefficient (Wildman–Crippen LogP) is 3.36. The van der Waals surface area contributed by atoms with Crippen LogP contribution < -0.4 is 15.0 Å². The van der Waals surface area contributed by atoms with E-state index in [1.165, 1.54) is 0 Å². The molecule has 5 rings (SSSR count). The Morgan fingerprint density at radius 3 is 2.56 bits per heavy atom. The quantitative estimate of drug-likeness (QED) is 0.397. The number of aromatic amines is 1. The molecule has 210 valence electrons. The average molecular weight is 555 g/mol. The van der Waals surface area contributed by atoms with E-state index in [4.69, 9.17) is 21.1 Å². The summed E-state index contributed by atoms with van der Waals surface area (Å²) < 4.78 is 11.8. The van der Waals surface area contributed by atoms with Gasteiger partial charge in [0.15, 0.2) is 5.75 Å². The molecular formula is C29H39ClN6O3. The minimum Gasteiger partial charge on any atom is -0.488 e. The lowest BCUT2D eigenvalue weighted by molar-refractivity contribution is -0.133. The molecule has 0 saturated carbocycles. The molecule has 1 amide bonds. The van der Waals surface area contributed by atoms with Gasteiger partial charge in [0, 0.05) is 75.0 Å². The molecule has 2 fully saturated rings. The number of rotatable bonds is 10. The van der Waals surface area contributed by atoms with Gasteiger partial charge in [0.25, 0.3) is 0 Å². The van der Waals surface area contributed by atoms with Crippen LogP contribution in [-0.4, -0.2) is 104 Å². The minimum absolute atomic E-state index is 0.147. The number of anilines is 1. The first-order chi connectivity index (χ1) is 19.0. The molecule has 0 bridgehead atoms. The molecule has 1 atom stereocenters. The number of carbonyl (C=O) groups is 1. The minimum atomic E-state index is -0.257. The number of ether oxygens (including phenoxy) is 2. The maximum atomic E-state index is 13.8. The summed E-state index contributed by atoms with van der Waals surface area (Å²) in [4.78, 5) is 28.2. The van der Waals surface area contributed by atoms with Crippen LogP contribution in [0.1, 0.15) is 25.3 Å². The number of amides is 1. The van der Waals surface area contributed by atoms with Crippen LogP contribution in [0, 0.1) is 0 Å². The SMILES string of the molecule is CC(C)NCC(C(=O)N1CCN(c2c(OCCN3CCOCC3)cnc3[nH]ccc23)CC1)c1ccc(Cl)cc1. The third-order valence-corrected chi connectivity index (χ3v) is 7.75. The Kier molecular flexibility index (Phi) is 9.24. The van der Waals surface area contributed by atoms with Gasteiger partial charge in [-0.2, -0.15) is 0 Å². The molecule has 2 aliphatic rings. The molecule has 39 heavy (non-hydrogen) atoms. The third-order valence-electron chi connectivity index (χ3n) is 7.50. The number of carbonyl (C=O) groups excluding carboxylic acids is 1. The molecule has 2 saturated heterocycles. The number of piperazine rings is 1. The topological polar surface area (TPSA) is 86.0 Å². The Balaban J connectivity index is 1.27. The van der Waals surface area contributed by atoms with Crippen molar-refractivity contribution in [2.45, 2.75) is 25.8 Å². The molecular weight excluding hydrogens is 516 g/mol. The number of nitrogens with zero attached hydrogens (tertiary/aromatic N) is 4. The highest BCUT2D eigenvalue weighted by molar-refractivity contribution is 6.30. The molecule has 10 heteroatoms. The number of pyridine rings is 1. The first-order valence-electron chi connectivity index (χ1n) is 13.9. The van der Waals surface area contributed by atoms with Gasteiger partial charge in [-0.05, 0) is 23.8 Å². The van der Waals surface area contributed by atoms with Gasteiger partial charge < -0.3 is 29.6 Å². The summed E-state index contributed by atoms with van der Waals surface area (Å²) in [5.74, 6) is 0.677. The second-order valence-electron chi connectivity index (χ2n) is 10.5. The zero-order valence-electron chi connectivity index (χ0n) is 22.9. The Hall–Kier alpha value is -2.85. The fourth-order valence-corrected chi connectivity index (χ4v) is 5.41. The largest absolute Gasteiger partial charge is 0.488 e. The lowest BCUT2D eigenvalue weighted by atomic mass is 9.96. The highest BCUT2D eigenvalue weighted by atomic mass is 35.5. The van der Waals surface area contributed by atoms with Crippen molar-refractivity contribution in [3.63, 3.8) is 0 Å². The summed E-state index contributed by atoms with van der Waals surface area (Å²) in [6.07, 6.45) is 3.73. The smallest absolute Gasteiger partial charge is 0.231 e. The third kappa shape index (κ3) is 6.84. The fraction of sp³-hybridized carbons (Fsp3) is 0.517. The van der Waals surface area contributed by atoms with Crippen molar-refractivity contribution in [1.29, 1.82) is 0 Å². The molecule has 0 radical (unpaired) electrons. The summed E-state index contributed by atoms with van der Waals surface area (Å²) in [6.45, 7) is 12.4. The Morgan fingerprint density at radius 2 is 1.85 bits per heavy atom. The van der Waals surface area contributed by atoms with Crippen LogP contribution in [0.3, 0.4) is 0 Å². The first-order valence-corrected chi connectivity index (χ1v) is 14.3. The van der Waals surface area contributed by atoms with E-state index >= 15 is 0 Å². The summed E-state index contributed by atoms with van der Waals surface area (Å²) in [5, 5.41) is 5.17. The van der Waals surface area contributed by atoms with Gasteiger partial charge in [-0.15, -0.1) is 0 Å². The van der Waals surface area contributed by atoms with E-state index in [1.54, 1.807) is 0 Å². The molecule has 1 aromatic carbocycles. The number of benzene rings is 1. The fourth-order valence-electron chi connectivity index (χ4n) is 5.28. The van der Waals surface area contributed by atoms with Crippen LogP contribution in [0.2, 0.25) is 5.02 Å². The molecule has 4 heterocycles. The van der Waals surface area contributed by atoms with Crippen molar-refractivity contribution in [1.82, 2.24) is 25.1 Å². The standard InChI is InChI=1S/C29H39ClN6O3/c1-21(2)32-19-25(22-3-5-23(30)6-4-22)29(37)36-11-9-35(10-12-36)27-24-7-8-31-28(24)33-20-26(27)39-18-15-34-13-16-38-17-14-34/h3-8,20-21,25,32H,9-19H2,1-2H3,(H,31,33). The Bertz CT molecular complexity index is 1220. The van der Waals surface area contributed by atoms with Crippen molar-refractivity contribution < 1.29 is 14.3 Å². The van der Waals surface area contributed by atoms with Gasteiger partial charge in [-0.3, -0.25) is 9.69 Å². The van der Waals surface area contributed by atoms with Crippen LogP contribution in [0.4, 0.5) is 5.69 Å². The van der Waals surface area contributed by atoms with Crippen LogP contribution in [0.15, 0.2) is 42.7 Å². The van der Waals surface area contributed by atoms with E-state index in [0.29, 0.717) is 37.3 Å². The summed E-state index contributed by atoms with van der Waals surface area (Å²) in [5.41, 5.74) is 2.87. The van der Waals surface area contributed by atoms with Gasteiger partial charge in [0.1, 0.15) is 12.3 Å². The van der Waals surface area contributed by atoms with Crippen LogP contribution in [-0.2, 0) is 9.53 Å². The maximum Gasteiger partial charge on any atom is 0.231 e. The molecule has 2 aromatic heterocycles. The van der Waals surface area contributed by atoms with Gasteiger partial charge in [-0.1, -0.05) is 37.6 Å². The zero-order chi connectivity index (χ0) is 27.2. The van der Waals surface area contributed by atoms with E-state index in [0.717, 1.165) is 74.0 Å². The maximum absolute atomic E-state index is 13.8. The van der Waals surface area contributed by atoms with E-state index in [9.17, 15) is 4.79 Å². The lowest BCUT2D eigenvalue weighted by Crippen LogP contribution is -2.51. The predicted molar refractivity (Wildman–Crippen MR) is 155 cm³/mol. The molecule has 2 aliphatic heterocycles. The van der Waals surface area contributed by atoms with Gasteiger partial charge in [-0.25, -0.2) is 4.98 Å². The Morgan fingerprint density at radius 1 is 1.10 bits per heavy atom. The second-order valence-corrected chi connectivity index (χ2v) is 10.9. The van der Waals surface area contributed by atoms with Crippen LogP contribution in [0.25, 0.3) is 11.0 Å². The molecule has 2 N–H and O–H groups in total. The Labute approximate surface area is 235 Å². The van der Waals surface area contributed by atoms with Crippen molar-refractivity contribution in [2.24, 2.45) is 0 Å². The number of halogens is 1. The van der Waals surface area contributed by atoms with E-state index < -0.39 is 0 Å². The van der Waals surface area contributed by atoms with Gasteiger partial charge in [0.2, 0.25) is 5.91 Å². The summed E-state index contributed by atoms with van der Waals surface area (Å²) >= 11 is 6.12. The van der Waals surface area contributed by atoms with E-state index in [-0.39, 0.29) is 11.8 Å². The molecule has 0 spiro atoms. The number of H-pyrrole nitrogens is 1. The number of hydrogen-bond donors (Lipinski definition) is 2. The van der Waals surface area contributed by atoms with Crippen LogP contribution >= 0.6 is 11.6 Å². The highest BCUT2D eigenvalue weighted by Crippen LogP contribution is 2.36. The number of nitrogens with one attached hydrogen (secondary N) is 2. The molecule has 1 unspecified atom stereocenters. The number of fused-ring (bicyclic) bond motifs is 1. The highest BCUT2D eigenvalue weighted by Gasteiger charge is 2.30. The van der Waals surface area contributed by atoms with E-state index in [2.05, 4.69) is 45.0 Å².